The van der Waals surface area contributed by atoms with E-state index in [0.717, 1.165) is 17.6 Å². The summed E-state index contributed by atoms with van der Waals surface area (Å²) < 4.78 is 0. The zero-order valence-corrected chi connectivity index (χ0v) is 18.2. The molecular weight excluding hydrogens is 390 g/mol. The standard InChI is InChI=1S/C25H27N3OS/c1-28(2)20-10-8-19(9-11-20)22(23-16-26-24-6-4-3-5-21(23)24)15-27-25(29)12-7-18-13-14-30-17-18/h3-6,8-11,13-14,16-17,22,26H,7,12,15H2,1-2H3,(H,27,29)/t22-/m0/s1. The molecule has 0 spiro atoms. The van der Waals surface area contributed by atoms with Crippen molar-refractivity contribution < 1.29 is 4.79 Å². The molecule has 2 N–H and O–H groups in total. The highest BCUT2D eigenvalue weighted by atomic mass is 32.1. The number of hydrogen-bond acceptors (Lipinski definition) is 3. The highest BCUT2D eigenvalue weighted by Gasteiger charge is 2.19. The van der Waals surface area contributed by atoms with Gasteiger partial charge in [-0.05, 0) is 58.1 Å². The van der Waals surface area contributed by atoms with Crippen LogP contribution in [0.4, 0.5) is 5.69 Å². The second-order valence-corrected chi connectivity index (χ2v) is 8.54. The molecule has 2 heterocycles. The summed E-state index contributed by atoms with van der Waals surface area (Å²) in [7, 11) is 4.08. The number of benzene rings is 2. The monoisotopic (exact) mass is 417 g/mol. The normalized spacial score (nSPS) is 12.1. The molecule has 0 unspecified atom stereocenters. The number of H-pyrrole nitrogens is 1. The Morgan fingerprint density at radius 2 is 1.90 bits per heavy atom. The van der Waals surface area contributed by atoms with E-state index in [1.54, 1.807) is 11.3 Å². The van der Waals surface area contributed by atoms with Gasteiger partial charge in [0.1, 0.15) is 0 Å². The van der Waals surface area contributed by atoms with Gasteiger partial charge in [-0.1, -0.05) is 30.3 Å². The Labute approximate surface area is 181 Å². The highest BCUT2D eigenvalue weighted by Crippen LogP contribution is 2.31. The second-order valence-electron chi connectivity index (χ2n) is 7.76. The molecule has 154 valence electrons. The number of anilines is 1. The summed E-state index contributed by atoms with van der Waals surface area (Å²) in [6.07, 6.45) is 3.37. The summed E-state index contributed by atoms with van der Waals surface area (Å²) in [5.41, 5.74) is 5.91. The van der Waals surface area contributed by atoms with E-state index < -0.39 is 0 Å². The van der Waals surface area contributed by atoms with Gasteiger partial charge >= 0.3 is 0 Å². The molecule has 2 aromatic carbocycles. The number of para-hydroxylation sites is 1. The van der Waals surface area contributed by atoms with Crippen molar-refractivity contribution in [1.82, 2.24) is 10.3 Å². The molecule has 0 saturated heterocycles. The Balaban J connectivity index is 1.55. The molecular formula is C25H27N3OS. The molecule has 0 aliphatic carbocycles. The number of hydrogen-bond donors (Lipinski definition) is 2. The highest BCUT2D eigenvalue weighted by molar-refractivity contribution is 7.07. The van der Waals surface area contributed by atoms with E-state index in [0.29, 0.717) is 13.0 Å². The maximum Gasteiger partial charge on any atom is 0.220 e. The maximum absolute atomic E-state index is 12.5. The minimum absolute atomic E-state index is 0.0856. The van der Waals surface area contributed by atoms with Crippen LogP contribution in [0.15, 0.2) is 71.6 Å². The Morgan fingerprint density at radius 1 is 1.10 bits per heavy atom. The lowest BCUT2D eigenvalue weighted by atomic mass is 9.90. The van der Waals surface area contributed by atoms with Gasteiger partial charge in [0, 0.05) is 55.8 Å². The SMILES string of the molecule is CN(C)c1ccc([C@H](CNC(=O)CCc2ccsc2)c2c[nH]c3ccccc23)cc1. The van der Waals surface area contributed by atoms with Crippen LogP contribution in [-0.4, -0.2) is 31.5 Å². The van der Waals surface area contributed by atoms with E-state index >= 15 is 0 Å². The second kappa shape index (κ2) is 9.18. The number of thiophene rings is 1. The quantitative estimate of drug-likeness (QED) is 0.415. The summed E-state index contributed by atoms with van der Waals surface area (Å²) in [6.45, 7) is 0.575. The van der Waals surface area contributed by atoms with Crippen LogP contribution >= 0.6 is 11.3 Å². The van der Waals surface area contributed by atoms with Crippen molar-refractivity contribution in [3.8, 4) is 0 Å². The number of aryl methyl sites for hydroxylation is 1. The molecule has 0 aliphatic rings. The summed E-state index contributed by atoms with van der Waals surface area (Å²) in [5, 5.41) is 8.53. The predicted octanol–water partition coefficient (Wildman–Crippen LogP) is 5.18. The van der Waals surface area contributed by atoms with Gasteiger partial charge in [-0.15, -0.1) is 0 Å². The van der Waals surface area contributed by atoms with Gasteiger partial charge in [0.05, 0.1) is 0 Å². The molecule has 2 aromatic heterocycles. The van der Waals surface area contributed by atoms with Crippen molar-refractivity contribution in [3.63, 3.8) is 0 Å². The first-order valence-corrected chi connectivity index (χ1v) is 11.2. The summed E-state index contributed by atoms with van der Waals surface area (Å²) >= 11 is 1.67. The van der Waals surface area contributed by atoms with Crippen LogP contribution in [-0.2, 0) is 11.2 Å². The van der Waals surface area contributed by atoms with Gasteiger partial charge in [0.15, 0.2) is 0 Å². The van der Waals surface area contributed by atoms with Gasteiger partial charge in [-0.2, -0.15) is 11.3 Å². The number of nitrogens with one attached hydrogen (secondary N) is 2. The molecule has 4 rings (SSSR count). The van der Waals surface area contributed by atoms with Crippen molar-refractivity contribution in [2.75, 3.05) is 25.5 Å². The zero-order valence-electron chi connectivity index (χ0n) is 17.4. The molecule has 0 fully saturated rings. The largest absolute Gasteiger partial charge is 0.378 e. The number of fused-ring (bicyclic) bond motifs is 1. The topological polar surface area (TPSA) is 48.1 Å². The number of amides is 1. The predicted molar refractivity (Wildman–Crippen MR) is 127 cm³/mol. The van der Waals surface area contributed by atoms with E-state index in [2.05, 4.69) is 80.7 Å². The number of aromatic amines is 1. The van der Waals surface area contributed by atoms with Gasteiger partial charge in [-0.3, -0.25) is 4.79 Å². The first kappa shape index (κ1) is 20.2. The molecule has 0 aliphatic heterocycles. The van der Waals surface area contributed by atoms with Crippen molar-refractivity contribution >= 4 is 33.8 Å². The number of nitrogens with zero attached hydrogens (tertiary/aromatic N) is 1. The van der Waals surface area contributed by atoms with Crippen molar-refractivity contribution in [2.24, 2.45) is 0 Å². The first-order chi connectivity index (χ1) is 14.6. The fraction of sp³-hybridized carbons (Fsp3) is 0.240. The van der Waals surface area contributed by atoms with Crippen LogP contribution < -0.4 is 10.2 Å². The third-order valence-electron chi connectivity index (χ3n) is 5.53. The first-order valence-electron chi connectivity index (χ1n) is 10.2. The maximum atomic E-state index is 12.5. The number of aromatic nitrogens is 1. The van der Waals surface area contributed by atoms with Crippen LogP contribution in [0.1, 0.15) is 29.0 Å². The van der Waals surface area contributed by atoms with Crippen molar-refractivity contribution in [2.45, 2.75) is 18.8 Å². The van der Waals surface area contributed by atoms with Crippen LogP contribution in [0.2, 0.25) is 0 Å². The van der Waals surface area contributed by atoms with E-state index in [1.165, 1.54) is 22.1 Å². The number of rotatable bonds is 8. The zero-order chi connectivity index (χ0) is 20.9. The van der Waals surface area contributed by atoms with Gasteiger partial charge in [0.25, 0.3) is 0 Å². The number of carbonyl (C=O) groups excluding carboxylic acids is 1. The molecule has 4 aromatic rings. The molecule has 0 radical (unpaired) electrons. The average molecular weight is 418 g/mol. The molecule has 4 nitrogen and oxygen atoms in total. The van der Waals surface area contributed by atoms with Crippen LogP contribution in [0.5, 0.6) is 0 Å². The van der Waals surface area contributed by atoms with Gasteiger partial charge < -0.3 is 15.2 Å². The molecule has 1 amide bonds. The summed E-state index contributed by atoms with van der Waals surface area (Å²) in [6, 6.07) is 19.0. The minimum atomic E-state index is 0.0856. The fourth-order valence-electron chi connectivity index (χ4n) is 3.79. The molecule has 30 heavy (non-hydrogen) atoms. The van der Waals surface area contributed by atoms with E-state index in [9.17, 15) is 4.79 Å². The lowest BCUT2D eigenvalue weighted by molar-refractivity contribution is -0.121. The summed E-state index contributed by atoms with van der Waals surface area (Å²) in [4.78, 5) is 18.0. The van der Waals surface area contributed by atoms with E-state index in [4.69, 9.17) is 0 Å². The lowest BCUT2D eigenvalue weighted by Crippen LogP contribution is -2.29. The number of carbonyl (C=O) groups is 1. The third kappa shape index (κ3) is 4.57. The Morgan fingerprint density at radius 3 is 2.63 bits per heavy atom. The summed E-state index contributed by atoms with van der Waals surface area (Å²) in [5.74, 6) is 0.179. The fourth-order valence-corrected chi connectivity index (χ4v) is 4.49. The smallest absolute Gasteiger partial charge is 0.220 e. The van der Waals surface area contributed by atoms with Crippen molar-refractivity contribution in [3.05, 3.63) is 88.2 Å². The lowest BCUT2D eigenvalue weighted by Gasteiger charge is -2.20. The van der Waals surface area contributed by atoms with Crippen LogP contribution in [0.25, 0.3) is 10.9 Å². The third-order valence-corrected chi connectivity index (χ3v) is 6.26. The average Bonchev–Trinajstić information content (AvgIpc) is 3.43. The molecule has 0 bridgehead atoms. The van der Waals surface area contributed by atoms with Crippen LogP contribution in [0, 0.1) is 0 Å². The van der Waals surface area contributed by atoms with E-state index in [-0.39, 0.29) is 11.8 Å². The molecule has 0 saturated carbocycles. The minimum Gasteiger partial charge on any atom is -0.378 e. The van der Waals surface area contributed by atoms with Crippen LogP contribution in [0.3, 0.4) is 0 Å². The Hall–Kier alpha value is -3.05. The Kier molecular flexibility index (Phi) is 6.19. The molecule has 5 heteroatoms. The Bertz CT molecular complexity index is 1100. The van der Waals surface area contributed by atoms with Gasteiger partial charge in [-0.25, -0.2) is 0 Å². The van der Waals surface area contributed by atoms with E-state index in [1.807, 2.05) is 20.2 Å². The van der Waals surface area contributed by atoms with Gasteiger partial charge in [0.2, 0.25) is 5.91 Å². The molecule has 1 atom stereocenters. The van der Waals surface area contributed by atoms with Crippen molar-refractivity contribution in [1.29, 1.82) is 0 Å².